The van der Waals surface area contributed by atoms with Crippen LogP contribution in [0, 0.1) is 0 Å². The van der Waals surface area contributed by atoms with Gasteiger partial charge in [0, 0.05) is 19.5 Å². The van der Waals surface area contributed by atoms with Crippen LogP contribution in [0.1, 0.15) is 25.3 Å². The minimum absolute atomic E-state index is 0.0562. The van der Waals surface area contributed by atoms with Crippen LogP contribution in [0.5, 0.6) is 0 Å². The van der Waals surface area contributed by atoms with Crippen molar-refractivity contribution in [3.8, 4) is 0 Å². The molecule has 4 nitrogen and oxygen atoms in total. The molecule has 1 rings (SSSR count). The Balaban J connectivity index is 2.10. The van der Waals surface area contributed by atoms with E-state index in [1.54, 1.807) is 0 Å². The molecule has 0 amide bonds. The molecule has 0 fully saturated rings. The highest BCUT2D eigenvalue weighted by Gasteiger charge is 2.07. The van der Waals surface area contributed by atoms with E-state index in [1.807, 2.05) is 37.3 Å². The molecule has 4 heteroatoms. The lowest BCUT2D eigenvalue weighted by Crippen LogP contribution is -2.30. The topological polar surface area (TPSA) is 58.6 Å². The molecule has 18 heavy (non-hydrogen) atoms. The number of benzene rings is 1. The Bertz CT molecular complexity index is 340. The molecular formula is C14H21NO3. The SMILES string of the molecule is CCCC(=O)OCC(O)CNCc1ccccc1. The summed E-state index contributed by atoms with van der Waals surface area (Å²) in [4.78, 5) is 11.1. The Morgan fingerprint density at radius 3 is 2.78 bits per heavy atom. The van der Waals surface area contributed by atoms with E-state index < -0.39 is 6.10 Å². The fraction of sp³-hybridized carbons (Fsp3) is 0.500. The van der Waals surface area contributed by atoms with Gasteiger partial charge in [-0.2, -0.15) is 0 Å². The lowest BCUT2D eigenvalue weighted by atomic mass is 10.2. The van der Waals surface area contributed by atoms with Crippen molar-refractivity contribution >= 4 is 5.97 Å². The number of rotatable bonds is 8. The van der Waals surface area contributed by atoms with E-state index in [9.17, 15) is 9.90 Å². The van der Waals surface area contributed by atoms with Gasteiger partial charge in [-0.3, -0.25) is 4.79 Å². The molecule has 0 aliphatic carbocycles. The zero-order valence-electron chi connectivity index (χ0n) is 10.8. The molecule has 0 heterocycles. The first-order chi connectivity index (χ1) is 8.72. The number of esters is 1. The zero-order valence-corrected chi connectivity index (χ0v) is 10.8. The number of hydrogen-bond acceptors (Lipinski definition) is 4. The molecule has 1 aromatic carbocycles. The maximum Gasteiger partial charge on any atom is 0.305 e. The number of aliphatic hydroxyl groups excluding tert-OH is 1. The number of hydrogen-bond donors (Lipinski definition) is 2. The Hall–Kier alpha value is -1.39. The van der Waals surface area contributed by atoms with E-state index in [-0.39, 0.29) is 12.6 Å². The highest BCUT2D eigenvalue weighted by Crippen LogP contribution is 1.97. The minimum Gasteiger partial charge on any atom is -0.463 e. The molecular weight excluding hydrogens is 230 g/mol. The van der Waals surface area contributed by atoms with Gasteiger partial charge >= 0.3 is 5.97 Å². The van der Waals surface area contributed by atoms with Crippen molar-refractivity contribution in [3.05, 3.63) is 35.9 Å². The standard InChI is InChI=1S/C14H21NO3/c1-2-6-14(17)18-11-13(16)10-15-9-12-7-4-3-5-8-12/h3-5,7-8,13,15-16H,2,6,9-11H2,1H3. The molecule has 1 aromatic rings. The molecule has 1 atom stereocenters. The van der Waals surface area contributed by atoms with Crippen LogP contribution in [0.15, 0.2) is 30.3 Å². The Labute approximate surface area is 108 Å². The first-order valence-electron chi connectivity index (χ1n) is 6.30. The van der Waals surface area contributed by atoms with E-state index in [0.29, 0.717) is 19.5 Å². The molecule has 1 unspecified atom stereocenters. The van der Waals surface area contributed by atoms with Crippen LogP contribution in [-0.2, 0) is 16.1 Å². The Morgan fingerprint density at radius 1 is 1.39 bits per heavy atom. The molecule has 0 aromatic heterocycles. The average molecular weight is 251 g/mol. The number of nitrogens with one attached hydrogen (secondary N) is 1. The van der Waals surface area contributed by atoms with Gasteiger partial charge < -0.3 is 15.2 Å². The predicted octanol–water partition coefficient (Wildman–Crippen LogP) is 1.48. The van der Waals surface area contributed by atoms with Gasteiger partial charge in [0.15, 0.2) is 0 Å². The number of carbonyl (C=O) groups is 1. The second-order valence-corrected chi connectivity index (χ2v) is 4.20. The number of aliphatic hydroxyl groups is 1. The summed E-state index contributed by atoms with van der Waals surface area (Å²) in [6.45, 7) is 3.08. The molecule has 0 saturated heterocycles. The fourth-order valence-electron chi connectivity index (χ4n) is 1.50. The molecule has 0 bridgehead atoms. The first-order valence-corrected chi connectivity index (χ1v) is 6.30. The molecule has 2 N–H and O–H groups in total. The average Bonchev–Trinajstić information content (AvgIpc) is 2.38. The summed E-state index contributed by atoms with van der Waals surface area (Å²) in [5.74, 6) is -0.250. The van der Waals surface area contributed by atoms with Crippen LogP contribution in [-0.4, -0.2) is 30.3 Å². The van der Waals surface area contributed by atoms with E-state index >= 15 is 0 Å². The monoisotopic (exact) mass is 251 g/mol. The second-order valence-electron chi connectivity index (χ2n) is 4.20. The maximum absolute atomic E-state index is 11.1. The molecule has 100 valence electrons. The summed E-state index contributed by atoms with van der Waals surface area (Å²) < 4.78 is 4.92. The van der Waals surface area contributed by atoms with Crippen molar-refractivity contribution in [3.63, 3.8) is 0 Å². The van der Waals surface area contributed by atoms with Crippen LogP contribution in [0.2, 0.25) is 0 Å². The Morgan fingerprint density at radius 2 is 2.11 bits per heavy atom. The molecule has 0 radical (unpaired) electrons. The lowest BCUT2D eigenvalue weighted by Gasteiger charge is -2.12. The van der Waals surface area contributed by atoms with Gasteiger partial charge in [-0.15, -0.1) is 0 Å². The summed E-state index contributed by atoms with van der Waals surface area (Å²) in [6.07, 6.45) is 0.514. The van der Waals surface area contributed by atoms with Gasteiger partial charge in [0.05, 0.1) is 0 Å². The zero-order chi connectivity index (χ0) is 13.2. The molecule has 0 saturated carbocycles. The van der Waals surface area contributed by atoms with Crippen molar-refractivity contribution in [2.45, 2.75) is 32.4 Å². The van der Waals surface area contributed by atoms with Crippen LogP contribution in [0.3, 0.4) is 0 Å². The van der Waals surface area contributed by atoms with E-state index in [2.05, 4.69) is 5.32 Å². The van der Waals surface area contributed by atoms with Crippen molar-refractivity contribution in [1.29, 1.82) is 0 Å². The third kappa shape index (κ3) is 6.37. The summed E-state index contributed by atoms with van der Waals surface area (Å²) in [6, 6.07) is 9.94. The summed E-state index contributed by atoms with van der Waals surface area (Å²) in [5, 5.41) is 12.7. The van der Waals surface area contributed by atoms with Crippen LogP contribution in [0.4, 0.5) is 0 Å². The second kappa shape index (κ2) is 8.66. The third-order valence-electron chi connectivity index (χ3n) is 2.44. The van der Waals surface area contributed by atoms with Gasteiger partial charge in [0.25, 0.3) is 0 Å². The van der Waals surface area contributed by atoms with Gasteiger partial charge in [-0.1, -0.05) is 37.3 Å². The number of carbonyl (C=O) groups excluding carboxylic acids is 1. The maximum atomic E-state index is 11.1. The van der Waals surface area contributed by atoms with Gasteiger partial charge in [-0.05, 0) is 12.0 Å². The summed E-state index contributed by atoms with van der Waals surface area (Å²) >= 11 is 0. The van der Waals surface area contributed by atoms with Crippen molar-refractivity contribution in [2.75, 3.05) is 13.2 Å². The lowest BCUT2D eigenvalue weighted by molar-refractivity contribution is -0.146. The normalized spacial score (nSPS) is 12.1. The Kier molecular flexibility index (Phi) is 7.06. The largest absolute Gasteiger partial charge is 0.463 e. The minimum atomic E-state index is -0.658. The molecule has 0 spiro atoms. The first kappa shape index (κ1) is 14.7. The van der Waals surface area contributed by atoms with Gasteiger partial charge in [0.2, 0.25) is 0 Å². The van der Waals surface area contributed by atoms with Crippen LogP contribution >= 0.6 is 0 Å². The van der Waals surface area contributed by atoms with Crippen molar-refractivity contribution in [1.82, 2.24) is 5.32 Å². The molecule has 0 aliphatic rings. The van der Waals surface area contributed by atoms with Crippen LogP contribution in [0.25, 0.3) is 0 Å². The summed E-state index contributed by atoms with van der Waals surface area (Å²) in [7, 11) is 0. The van der Waals surface area contributed by atoms with Gasteiger partial charge in [0.1, 0.15) is 12.7 Å². The van der Waals surface area contributed by atoms with Gasteiger partial charge in [-0.25, -0.2) is 0 Å². The third-order valence-corrected chi connectivity index (χ3v) is 2.44. The van der Waals surface area contributed by atoms with E-state index in [4.69, 9.17) is 4.74 Å². The number of ether oxygens (including phenoxy) is 1. The predicted molar refractivity (Wildman–Crippen MR) is 70.0 cm³/mol. The highest BCUT2D eigenvalue weighted by molar-refractivity contribution is 5.69. The smallest absolute Gasteiger partial charge is 0.305 e. The summed E-state index contributed by atoms with van der Waals surface area (Å²) in [5.41, 5.74) is 1.16. The fourth-order valence-corrected chi connectivity index (χ4v) is 1.50. The van der Waals surface area contributed by atoms with Crippen molar-refractivity contribution < 1.29 is 14.6 Å². The molecule has 0 aliphatic heterocycles. The van der Waals surface area contributed by atoms with Crippen molar-refractivity contribution in [2.24, 2.45) is 0 Å². The highest BCUT2D eigenvalue weighted by atomic mass is 16.5. The van der Waals surface area contributed by atoms with E-state index in [0.717, 1.165) is 12.0 Å². The quantitative estimate of drug-likeness (QED) is 0.687. The van der Waals surface area contributed by atoms with Crippen LogP contribution < -0.4 is 5.32 Å². The van der Waals surface area contributed by atoms with E-state index in [1.165, 1.54) is 0 Å².